The molecule has 1 heterocycles. The minimum atomic E-state index is 0.0292. The van der Waals surface area contributed by atoms with Crippen molar-refractivity contribution in [1.82, 2.24) is 9.88 Å². The maximum Gasteiger partial charge on any atom is 0.253 e. The van der Waals surface area contributed by atoms with Crippen LogP contribution >= 0.6 is 0 Å². The van der Waals surface area contributed by atoms with Crippen LogP contribution < -0.4 is 5.32 Å². The summed E-state index contributed by atoms with van der Waals surface area (Å²) in [5.41, 5.74) is 7.53. The first-order valence-corrected chi connectivity index (χ1v) is 14.4. The number of carbonyl (C=O) groups is 1. The molecule has 4 rings (SSSR count). The summed E-state index contributed by atoms with van der Waals surface area (Å²) in [7, 11) is 0. The highest BCUT2D eigenvalue weighted by atomic mass is 16.2. The first-order valence-electron chi connectivity index (χ1n) is 14.4. The lowest BCUT2D eigenvalue weighted by molar-refractivity contribution is 0.0952. The minimum absolute atomic E-state index is 0.0292. The van der Waals surface area contributed by atoms with E-state index in [1.54, 1.807) is 0 Å². The summed E-state index contributed by atoms with van der Waals surface area (Å²) < 4.78 is 2.46. The molecule has 36 heavy (non-hydrogen) atoms. The van der Waals surface area contributed by atoms with E-state index in [0.29, 0.717) is 17.9 Å². The zero-order valence-corrected chi connectivity index (χ0v) is 23.4. The van der Waals surface area contributed by atoms with Gasteiger partial charge in [-0.2, -0.15) is 0 Å². The second kappa shape index (κ2) is 11.1. The third kappa shape index (κ3) is 6.25. The van der Waals surface area contributed by atoms with E-state index < -0.39 is 0 Å². The van der Waals surface area contributed by atoms with Gasteiger partial charge >= 0.3 is 0 Å². The van der Waals surface area contributed by atoms with Crippen molar-refractivity contribution >= 4 is 5.91 Å². The Morgan fingerprint density at radius 3 is 2.42 bits per heavy atom. The van der Waals surface area contributed by atoms with Gasteiger partial charge in [0.25, 0.3) is 5.91 Å². The number of rotatable bonds is 10. The molecule has 4 nitrogen and oxygen atoms in total. The van der Waals surface area contributed by atoms with Crippen molar-refractivity contribution in [2.45, 2.75) is 116 Å². The zero-order chi connectivity index (χ0) is 25.9. The van der Waals surface area contributed by atoms with Crippen molar-refractivity contribution in [3.63, 3.8) is 0 Å². The molecule has 0 saturated heterocycles. The van der Waals surface area contributed by atoms with Gasteiger partial charge in [-0.05, 0) is 104 Å². The summed E-state index contributed by atoms with van der Waals surface area (Å²) in [6.45, 7) is 13.3. The van der Waals surface area contributed by atoms with Gasteiger partial charge in [-0.15, -0.1) is 0 Å². The Bertz CT molecular complexity index is 1030. The molecule has 0 radical (unpaired) electrons. The van der Waals surface area contributed by atoms with Crippen LogP contribution in [0.2, 0.25) is 0 Å². The topological polar surface area (TPSA) is 54.3 Å². The number of amides is 1. The van der Waals surface area contributed by atoms with Gasteiger partial charge in [0.2, 0.25) is 0 Å². The van der Waals surface area contributed by atoms with Crippen LogP contribution in [0.15, 0.2) is 24.3 Å². The van der Waals surface area contributed by atoms with Gasteiger partial charge in [0.15, 0.2) is 0 Å². The van der Waals surface area contributed by atoms with Gasteiger partial charge < -0.3 is 15.0 Å². The lowest BCUT2D eigenvalue weighted by atomic mass is 9.82. The average Bonchev–Trinajstić information content (AvgIpc) is 3.53. The number of unbranched alkanes of at least 4 members (excludes halogenated alkanes) is 2. The molecule has 0 unspecified atom stereocenters. The highest BCUT2D eigenvalue weighted by Gasteiger charge is 2.40. The molecule has 4 heteroatoms. The fourth-order valence-electron chi connectivity index (χ4n) is 5.72. The Balaban J connectivity index is 1.71. The van der Waals surface area contributed by atoms with Gasteiger partial charge in [-0.1, -0.05) is 53.0 Å². The van der Waals surface area contributed by atoms with E-state index in [4.69, 9.17) is 5.11 Å². The molecule has 1 aromatic heterocycles. The SMILES string of the molecule is Cc1c(C(=O)NCCCCCO)cc(-c2cc(C(C)(C)C)cc(C3(C)CC3)c2)n1CC1CCCCC1. The summed E-state index contributed by atoms with van der Waals surface area (Å²) in [4.78, 5) is 13.3. The first-order chi connectivity index (χ1) is 17.1. The van der Waals surface area contributed by atoms with Crippen molar-refractivity contribution in [3.8, 4) is 11.3 Å². The summed E-state index contributed by atoms with van der Waals surface area (Å²) >= 11 is 0. The quantitative estimate of drug-likeness (QED) is 0.342. The predicted molar refractivity (Wildman–Crippen MR) is 150 cm³/mol. The smallest absolute Gasteiger partial charge is 0.253 e. The Labute approximate surface area is 218 Å². The number of benzene rings is 1. The highest BCUT2D eigenvalue weighted by molar-refractivity contribution is 5.97. The molecule has 2 fully saturated rings. The minimum Gasteiger partial charge on any atom is -0.396 e. The van der Waals surface area contributed by atoms with E-state index in [1.165, 1.54) is 67.3 Å². The Morgan fingerprint density at radius 2 is 1.78 bits per heavy atom. The summed E-state index contributed by atoms with van der Waals surface area (Å²) in [5, 5.41) is 12.2. The number of aliphatic hydroxyl groups excluding tert-OH is 1. The lowest BCUT2D eigenvalue weighted by Gasteiger charge is -2.26. The van der Waals surface area contributed by atoms with E-state index in [9.17, 15) is 4.79 Å². The van der Waals surface area contributed by atoms with E-state index in [-0.39, 0.29) is 17.9 Å². The van der Waals surface area contributed by atoms with Crippen LogP contribution in [-0.4, -0.2) is 28.7 Å². The van der Waals surface area contributed by atoms with Gasteiger partial charge in [0.1, 0.15) is 0 Å². The maximum atomic E-state index is 13.3. The Morgan fingerprint density at radius 1 is 1.06 bits per heavy atom. The molecule has 0 atom stereocenters. The number of hydrogen-bond donors (Lipinski definition) is 2. The van der Waals surface area contributed by atoms with Crippen molar-refractivity contribution < 1.29 is 9.90 Å². The fraction of sp³-hybridized carbons (Fsp3) is 0.656. The van der Waals surface area contributed by atoms with E-state index in [2.05, 4.69) is 68.8 Å². The molecule has 0 spiro atoms. The summed E-state index contributed by atoms with van der Waals surface area (Å²) in [6.07, 6.45) is 11.7. The molecule has 2 aromatic rings. The van der Waals surface area contributed by atoms with Gasteiger partial charge in [-0.25, -0.2) is 0 Å². The normalized spacial score (nSPS) is 17.8. The van der Waals surface area contributed by atoms with E-state index >= 15 is 0 Å². The molecule has 198 valence electrons. The number of nitrogens with one attached hydrogen (secondary N) is 1. The van der Waals surface area contributed by atoms with Gasteiger partial charge in [0, 0.05) is 31.1 Å². The van der Waals surface area contributed by atoms with Gasteiger partial charge in [0.05, 0.1) is 5.56 Å². The monoisotopic (exact) mass is 492 g/mol. The standard InChI is InChI=1S/C32H48N2O2/c1-23-28(30(36)33-16-10-7-11-17-35)21-29(34(23)22-24-12-8-6-9-13-24)25-18-26(31(2,3)4)20-27(19-25)32(5)14-15-32/h18-21,24,35H,6-17,22H2,1-5H3,(H,33,36). The van der Waals surface area contributed by atoms with Crippen molar-refractivity contribution in [1.29, 1.82) is 0 Å². The Kier molecular flexibility index (Phi) is 8.34. The van der Waals surface area contributed by atoms with Crippen molar-refractivity contribution in [2.75, 3.05) is 13.2 Å². The second-order valence-electron chi connectivity index (χ2n) is 12.8. The highest BCUT2D eigenvalue weighted by Crippen LogP contribution is 2.49. The predicted octanol–water partition coefficient (Wildman–Crippen LogP) is 7.29. The van der Waals surface area contributed by atoms with Crippen LogP contribution in [0, 0.1) is 12.8 Å². The molecule has 0 bridgehead atoms. The van der Waals surface area contributed by atoms with Crippen molar-refractivity contribution in [2.24, 2.45) is 5.92 Å². The third-order valence-corrected chi connectivity index (χ3v) is 8.69. The number of carbonyl (C=O) groups excluding carboxylic acids is 1. The largest absolute Gasteiger partial charge is 0.396 e. The molecule has 2 aliphatic carbocycles. The van der Waals surface area contributed by atoms with Crippen LogP contribution in [0.3, 0.4) is 0 Å². The molecule has 2 N–H and O–H groups in total. The third-order valence-electron chi connectivity index (χ3n) is 8.69. The van der Waals surface area contributed by atoms with Crippen LogP contribution in [0.1, 0.15) is 119 Å². The molecule has 1 amide bonds. The zero-order valence-electron chi connectivity index (χ0n) is 23.4. The average molecular weight is 493 g/mol. The molecular weight excluding hydrogens is 444 g/mol. The number of hydrogen-bond acceptors (Lipinski definition) is 2. The maximum absolute atomic E-state index is 13.3. The van der Waals surface area contributed by atoms with Crippen LogP contribution in [-0.2, 0) is 17.4 Å². The number of nitrogens with zero attached hydrogens (tertiary/aromatic N) is 1. The van der Waals surface area contributed by atoms with Crippen molar-refractivity contribution in [3.05, 3.63) is 46.6 Å². The number of aromatic nitrogens is 1. The molecular formula is C32H48N2O2. The molecule has 0 aliphatic heterocycles. The van der Waals surface area contributed by atoms with Gasteiger partial charge in [-0.3, -0.25) is 4.79 Å². The van der Waals surface area contributed by atoms with Crippen LogP contribution in [0.4, 0.5) is 0 Å². The Hall–Kier alpha value is -2.07. The summed E-state index contributed by atoms with van der Waals surface area (Å²) in [6, 6.07) is 9.36. The number of aliphatic hydroxyl groups is 1. The fourth-order valence-corrected chi connectivity index (χ4v) is 5.72. The van der Waals surface area contributed by atoms with E-state index in [0.717, 1.165) is 37.1 Å². The van der Waals surface area contributed by atoms with Crippen LogP contribution in [0.25, 0.3) is 11.3 Å². The molecule has 2 aliphatic rings. The van der Waals surface area contributed by atoms with E-state index in [1.807, 2.05) is 0 Å². The molecule has 1 aromatic carbocycles. The second-order valence-corrected chi connectivity index (χ2v) is 12.8. The molecule has 2 saturated carbocycles. The van der Waals surface area contributed by atoms with Crippen LogP contribution in [0.5, 0.6) is 0 Å². The first kappa shape index (κ1) is 27.0. The summed E-state index contributed by atoms with van der Waals surface area (Å²) in [5.74, 6) is 0.714. The lowest BCUT2D eigenvalue weighted by Crippen LogP contribution is -2.25.